The monoisotopic (exact) mass is 275 g/mol. The first kappa shape index (κ1) is 13.1. The third-order valence-corrected chi connectivity index (χ3v) is 3.61. The molecule has 0 spiro atoms. The summed E-state index contributed by atoms with van der Waals surface area (Å²) < 4.78 is 33.0. The number of aryl methyl sites for hydroxylation is 1. The van der Waals surface area contributed by atoms with E-state index in [1.54, 1.807) is 18.2 Å². The second-order valence-electron chi connectivity index (χ2n) is 5.16. The molecule has 0 aromatic heterocycles. The van der Waals surface area contributed by atoms with Crippen LogP contribution in [0.5, 0.6) is 5.75 Å². The largest absolute Gasteiger partial charge is 0.485 e. The molecule has 2 aromatic carbocycles. The Kier molecular flexibility index (Phi) is 3.18. The number of ether oxygens (including phenoxy) is 1. The number of benzene rings is 2. The van der Waals surface area contributed by atoms with E-state index in [-0.39, 0.29) is 17.7 Å². The molecule has 3 rings (SSSR count). The Labute approximate surface area is 116 Å². The lowest BCUT2D eigenvalue weighted by atomic mass is 9.93. The highest BCUT2D eigenvalue weighted by atomic mass is 19.1. The van der Waals surface area contributed by atoms with Gasteiger partial charge in [-0.25, -0.2) is 8.78 Å². The maximum atomic E-state index is 13.9. The molecular formula is C16H15F2NO. The molecule has 2 nitrogen and oxygen atoms in total. The van der Waals surface area contributed by atoms with Crippen molar-refractivity contribution in [3.8, 4) is 5.75 Å². The normalized spacial score (nSPS) is 21.2. The lowest BCUT2D eigenvalue weighted by molar-refractivity contribution is 0.156. The van der Waals surface area contributed by atoms with Crippen LogP contribution < -0.4 is 10.5 Å². The summed E-state index contributed by atoms with van der Waals surface area (Å²) in [5, 5.41) is 0. The zero-order valence-corrected chi connectivity index (χ0v) is 11.1. The van der Waals surface area contributed by atoms with Crippen molar-refractivity contribution in [3.63, 3.8) is 0 Å². The van der Waals surface area contributed by atoms with Gasteiger partial charge in [0.25, 0.3) is 0 Å². The minimum atomic E-state index is -0.487. The highest BCUT2D eigenvalue weighted by Gasteiger charge is 2.29. The molecule has 0 fully saturated rings. The number of halogens is 2. The van der Waals surface area contributed by atoms with Crippen LogP contribution in [0.1, 0.15) is 35.3 Å². The highest BCUT2D eigenvalue weighted by molar-refractivity contribution is 5.40. The molecular weight excluding hydrogens is 260 g/mol. The summed E-state index contributed by atoms with van der Waals surface area (Å²) in [5.41, 5.74) is 8.26. The molecule has 20 heavy (non-hydrogen) atoms. The van der Waals surface area contributed by atoms with Gasteiger partial charge in [-0.05, 0) is 25.1 Å². The van der Waals surface area contributed by atoms with Gasteiger partial charge in [-0.1, -0.05) is 17.7 Å². The Morgan fingerprint density at radius 1 is 1.10 bits per heavy atom. The summed E-state index contributed by atoms with van der Waals surface area (Å²) in [6, 6.07) is 8.86. The predicted molar refractivity (Wildman–Crippen MR) is 72.5 cm³/mol. The van der Waals surface area contributed by atoms with Crippen LogP contribution in [0.3, 0.4) is 0 Å². The Hall–Kier alpha value is -1.94. The second-order valence-corrected chi connectivity index (χ2v) is 5.16. The van der Waals surface area contributed by atoms with E-state index < -0.39 is 6.10 Å². The van der Waals surface area contributed by atoms with E-state index in [1.807, 2.05) is 6.92 Å². The van der Waals surface area contributed by atoms with Crippen molar-refractivity contribution >= 4 is 0 Å². The lowest BCUT2D eigenvalue weighted by Crippen LogP contribution is -2.24. The van der Waals surface area contributed by atoms with Crippen LogP contribution in [0, 0.1) is 18.6 Å². The van der Waals surface area contributed by atoms with E-state index in [0.717, 1.165) is 11.1 Å². The quantitative estimate of drug-likeness (QED) is 0.859. The Bertz CT molecular complexity index is 657. The number of nitrogens with two attached hydrogens (primary N) is 1. The molecule has 1 heterocycles. The van der Waals surface area contributed by atoms with Gasteiger partial charge in [-0.3, -0.25) is 0 Å². The second kappa shape index (κ2) is 4.87. The molecule has 0 amide bonds. The number of rotatable bonds is 1. The smallest absolute Gasteiger partial charge is 0.130 e. The first-order valence-electron chi connectivity index (χ1n) is 6.52. The summed E-state index contributed by atoms with van der Waals surface area (Å²) >= 11 is 0. The van der Waals surface area contributed by atoms with Gasteiger partial charge in [-0.2, -0.15) is 0 Å². The molecule has 2 aromatic rings. The third kappa shape index (κ3) is 2.27. The molecule has 0 saturated carbocycles. The van der Waals surface area contributed by atoms with Crippen LogP contribution in [-0.2, 0) is 0 Å². The molecule has 1 aliphatic rings. The maximum absolute atomic E-state index is 13.9. The predicted octanol–water partition coefficient (Wildman–Crippen LogP) is 3.80. The van der Waals surface area contributed by atoms with Gasteiger partial charge in [0.1, 0.15) is 23.5 Å². The van der Waals surface area contributed by atoms with E-state index in [4.69, 9.17) is 10.5 Å². The molecule has 2 unspecified atom stereocenters. The molecule has 0 bridgehead atoms. The summed E-state index contributed by atoms with van der Waals surface area (Å²) in [4.78, 5) is 0. The lowest BCUT2D eigenvalue weighted by Gasteiger charge is -2.30. The Balaban J connectivity index is 2.00. The zero-order chi connectivity index (χ0) is 14.3. The molecule has 1 aliphatic heterocycles. The van der Waals surface area contributed by atoms with E-state index in [2.05, 4.69) is 0 Å². The van der Waals surface area contributed by atoms with Crippen molar-refractivity contribution in [1.29, 1.82) is 0 Å². The number of fused-ring (bicyclic) bond motifs is 1. The molecule has 4 heteroatoms. The van der Waals surface area contributed by atoms with Gasteiger partial charge >= 0.3 is 0 Å². The first-order valence-corrected chi connectivity index (χ1v) is 6.52. The summed E-state index contributed by atoms with van der Waals surface area (Å²) in [6.07, 6.45) is -0.0156. The van der Waals surface area contributed by atoms with Crippen molar-refractivity contribution < 1.29 is 13.5 Å². The average molecular weight is 275 g/mol. The summed E-state index contributed by atoms with van der Waals surface area (Å²) in [5.74, 6) is -0.316. The van der Waals surface area contributed by atoms with Crippen molar-refractivity contribution in [2.24, 2.45) is 5.73 Å². The van der Waals surface area contributed by atoms with Crippen LogP contribution in [0.25, 0.3) is 0 Å². The maximum Gasteiger partial charge on any atom is 0.130 e. The summed E-state index contributed by atoms with van der Waals surface area (Å²) in [6.45, 7) is 1.89. The van der Waals surface area contributed by atoms with Crippen molar-refractivity contribution in [2.75, 3.05) is 0 Å². The minimum Gasteiger partial charge on any atom is -0.485 e. The topological polar surface area (TPSA) is 35.2 Å². The van der Waals surface area contributed by atoms with Crippen LogP contribution >= 0.6 is 0 Å². The van der Waals surface area contributed by atoms with Crippen LogP contribution in [0.4, 0.5) is 8.78 Å². The van der Waals surface area contributed by atoms with Gasteiger partial charge in [-0.15, -0.1) is 0 Å². The number of hydrogen-bond acceptors (Lipinski definition) is 2. The molecule has 0 radical (unpaired) electrons. The van der Waals surface area contributed by atoms with Gasteiger partial charge in [0.05, 0.1) is 0 Å². The van der Waals surface area contributed by atoms with Gasteiger partial charge in [0.2, 0.25) is 0 Å². The molecule has 2 atom stereocenters. The Morgan fingerprint density at radius 2 is 1.90 bits per heavy atom. The fourth-order valence-electron chi connectivity index (χ4n) is 2.58. The fraction of sp³-hybridized carbons (Fsp3) is 0.250. The minimum absolute atomic E-state index is 0.288. The van der Waals surface area contributed by atoms with Gasteiger partial charge < -0.3 is 10.5 Å². The van der Waals surface area contributed by atoms with Crippen molar-refractivity contribution in [2.45, 2.75) is 25.5 Å². The first-order chi connectivity index (χ1) is 9.54. The van der Waals surface area contributed by atoms with Gasteiger partial charge in [0, 0.05) is 29.7 Å². The Morgan fingerprint density at radius 3 is 2.70 bits per heavy atom. The summed E-state index contributed by atoms with van der Waals surface area (Å²) in [7, 11) is 0. The van der Waals surface area contributed by atoms with Crippen LogP contribution in [0.2, 0.25) is 0 Å². The molecule has 0 saturated heterocycles. The van der Waals surface area contributed by atoms with E-state index in [9.17, 15) is 8.78 Å². The fourth-order valence-corrected chi connectivity index (χ4v) is 2.58. The zero-order valence-electron chi connectivity index (χ0n) is 11.1. The highest BCUT2D eigenvalue weighted by Crippen LogP contribution is 2.40. The van der Waals surface area contributed by atoms with Crippen LogP contribution in [-0.4, -0.2) is 0 Å². The van der Waals surface area contributed by atoms with E-state index in [1.165, 1.54) is 18.2 Å². The SMILES string of the molecule is Cc1ccc(F)c(C2CC(N)c3ccc(F)cc3O2)c1. The molecule has 2 N–H and O–H groups in total. The standard InChI is InChI=1S/C16H15F2NO/c1-9-2-5-13(18)12(6-9)16-8-14(19)11-4-3-10(17)7-15(11)20-16/h2-7,14,16H,8,19H2,1H3. The average Bonchev–Trinajstić information content (AvgIpc) is 2.41. The van der Waals surface area contributed by atoms with Crippen molar-refractivity contribution in [3.05, 3.63) is 64.7 Å². The molecule has 104 valence electrons. The van der Waals surface area contributed by atoms with Crippen molar-refractivity contribution in [1.82, 2.24) is 0 Å². The van der Waals surface area contributed by atoms with Crippen LogP contribution in [0.15, 0.2) is 36.4 Å². The van der Waals surface area contributed by atoms with Gasteiger partial charge in [0.15, 0.2) is 0 Å². The number of hydrogen-bond donors (Lipinski definition) is 1. The molecule has 0 aliphatic carbocycles. The van der Waals surface area contributed by atoms with E-state index >= 15 is 0 Å². The van der Waals surface area contributed by atoms with E-state index in [0.29, 0.717) is 17.7 Å². The third-order valence-electron chi connectivity index (χ3n) is 3.61.